The molecule has 1 N–H and O–H groups in total. The molecule has 1 saturated heterocycles. The molecule has 0 spiro atoms. The fraction of sp³-hybridized carbons (Fsp3) is 0.304. The lowest BCUT2D eigenvalue weighted by molar-refractivity contribution is -0.131. The van der Waals surface area contributed by atoms with Gasteiger partial charge in [0, 0.05) is 23.6 Å². The maximum Gasteiger partial charge on any atom is 0.328 e. The highest BCUT2D eigenvalue weighted by Crippen LogP contribution is 2.50. The van der Waals surface area contributed by atoms with Gasteiger partial charge in [0.1, 0.15) is 0 Å². The normalized spacial score (nSPS) is 22.7. The summed E-state index contributed by atoms with van der Waals surface area (Å²) in [6, 6.07) is 14.5. The van der Waals surface area contributed by atoms with Crippen LogP contribution < -0.4 is 0 Å². The molecule has 27 heavy (non-hydrogen) atoms. The van der Waals surface area contributed by atoms with Crippen LogP contribution in [0.4, 0.5) is 0 Å². The van der Waals surface area contributed by atoms with Crippen molar-refractivity contribution in [3.63, 3.8) is 0 Å². The van der Waals surface area contributed by atoms with E-state index in [2.05, 4.69) is 37.3 Å². The van der Waals surface area contributed by atoms with Gasteiger partial charge in [-0.25, -0.2) is 4.79 Å². The Hall–Kier alpha value is -2.88. The van der Waals surface area contributed by atoms with Crippen LogP contribution in [0.15, 0.2) is 65.9 Å². The number of carboxylic acids is 1. The summed E-state index contributed by atoms with van der Waals surface area (Å²) in [5.41, 5.74) is 2.90. The average molecular weight is 361 g/mol. The van der Waals surface area contributed by atoms with Crippen LogP contribution in [-0.2, 0) is 16.1 Å². The van der Waals surface area contributed by atoms with Gasteiger partial charge in [0.15, 0.2) is 0 Å². The highest BCUT2D eigenvalue weighted by Gasteiger charge is 2.46. The fourth-order valence-electron chi connectivity index (χ4n) is 4.54. The smallest absolute Gasteiger partial charge is 0.328 e. The Kier molecular flexibility index (Phi) is 4.34. The zero-order valence-electron chi connectivity index (χ0n) is 15.4. The number of amides is 1. The number of hydrogen-bond donors (Lipinski definition) is 1. The minimum Gasteiger partial charge on any atom is -0.478 e. The first-order chi connectivity index (χ1) is 13.0. The van der Waals surface area contributed by atoms with E-state index in [-0.39, 0.29) is 11.3 Å². The lowest BCUT2D eigenvalue weighted by atomic mass is 9.74. The molecule has 1 aliphatic heterocycles. The predicted molar refractivity (Wildman–Crippen MR) is 105 cm³/mol. The van der Waals surface area contributed by atoms with E-state index >= 15 is 0 Å². The van der Waals surface area contributed by atoms with E-state index in [0.29, 0.717) is 13.0 Å². The monoisotopic (exact) mass is 361 g/mol. The zero-order valence-corrected chi connectivity index (χ0v) is 15.4. The van der Waals surface area contributed by atoms with Crippen LogP contribution >= 0.6 is 0 Å². The molecule has 1 heterocycles. The van der Waals surface area contributed by atoms with Crippen molar-refractivity contribution in [2.45, 2.75) is 39.2 Å². The number of carbonyl (C=O) groups is 2. The summed E-state index contributed by atoms with van der Waals surface area (Å²) in [5, 5.41) is 11.4. The third-order valence-corrected chi connectivity index (χ3v) is 5.74. The van der Waals surface area contributed by atoms with Crippen molar-refractivity contribution in [2.24, 2.45) is 5.41 Å². The Morgan fingerprint density at radius 3 is 2.78 bits per heavy atom. The molecule has 2 aliphatic rings. The molecule has 1 amide bonds. The van der Waals surface area contributed by atoms with Gasteiger partial charge in [-0.2, -0.15) is 0 Å². The molecule has 0 saturated carbocycles. The van der Waals surface area contributed by atoms with E-state index in [1.54, 1.807) is 6.08 Å². The van der Waals surface area contributed by atoms with Crippen molar-refractivity contribution in [3.8, 4) is 0 Å². The predicted octanol–water partition coefficient (Wildman–Crippen LogP) is 4.66. The molecule has 0 radical (unpaired) electrons. The van der Waals surface area contributed by atoms with E-state index in [1.807, 2.05) is 17.0 Å². The molecule has 1 fully saturated rings. The van der Waals surface area contributed by atoms with E-state index in [4.69, 9.17) is 5.11 Å². The Balaban J connectivity index is 1.73. The van der Waals surface area contributed by atoms with Gasteiger partial charge in [-0.3, -0.25) is 4.79 Å². The minimum atomic E-state index is -0.958. The van der Waals surface area contributed by atoms with Crippen LogP contribution in [0.5, 0.6) is 0 Å². The van der Waals surface area contributed by atoms with Crippen molar-refractivity contribution in [2.75, 3.05) is 0 Å². The van der Waals surface area contributed by atoms with Crippen LogP contribution in [-0.4, -0.2) is 21.9 Å². The summed E-state index contributed by atoms with van der Waals surface area (Å²) in [7, 11) is 0. The number of benzene rings is 2. The van der Waals surface area contributed by atoms with Crippen molar-refractivity contribution in [3.05, 3.63) is 71.5 Å². The molecular weight excluding hydrogens is 338 g/mol. The SMILES string of the molecule is CC12CCCC(C=CC(=O)O)=C1N(Cc1ccc3ccccc3c1)C(=O)C2. The third-order valence-electron chi connectivity index (χ3n) is 5.74. The molecule has 0 aromatic heterocycles. The number of fused-ring (bicyclic) bond motifs is 2. The quantitative estimate of drug-likeness (QED) is 0.806. The molecule has 1 atom stereocenters. The second-order valence-corrected chi connectivity index (χ2v) is 7.80. The molecule has 2 aromatic carbocycles. The molecule has 2 aromatic rings. The lowest BCUT2D eigenvalue weighted by Crippen LogP contribution is -2.28. The Labute approximate surface area is 158 Å². The number of rotatable bonds is 4. The Morgan fingerprint density at radius 1 is 1.22 bits per heavy atom. The largest absolute Gasteiger partial charge is 0.478 e. The van der Waals surface area contributed by atoms with Gasteiger partial charge >= 0.3 is 5.97 Å². The molecule has 4 rings (SSSR count). The van der Waals surface area contributed by atoms with Gasteiger partial charge in [0.2, 0.25) is 5.91 Å². The lowest BCUT2D eigenvalue weighted by Gasteiger charge is -2.34. The highest BCUT2D eigenvalue weighted by atomic mass is 16.4. The molecule has 1 unspecified atom stereocenters. The topological polar surface area (TPSA) is 57.6 Å². The first kappa shape index (κ1) is 17.5. The fourth-order valence-corrected chi connectivity index (χ4v) is 4.54. The van der Waals surface area contributed by atoms with Crippen LogP contribution in [0, 0.1) is 5.41 Å². The number of hydrogen-bond acceptors (Lipinski definition) is 2. The average Bonchev–Trinajstić information content (AvgIpc) is 2.90. The summed E-state index contributed by atoms with van der Waals surface area (Å²) in [6.07, 6.45) is 6.13. The summed E-state index contributed by atoms with van der Waals surface area (Å²) < 4.78 is 0. The number of nitrogens with zero attached hydrogens (tertiary/aromatic N) is 1. The number of carbonyl (C=O) groups excluding carboxylic acids is 1. The zero-order chi connectivity index (χ0) is 19.0. The van der Waals surface area contributed by atoms with Crippen LogP contribution in [0.25, 0.3) is 10.8 Å². The second kappa shape index (κ2) is 6.69. The standard InChI is InChI=1S/C23H23NO3/c1-23-12-4-7-18(10-11-21(26)27)22(23)24(20(25)14-23)15-16-8-9-17-5-2-3-6-19(17)13-16/h2-3,5-6,8-11,13H,4,7,12,14-15H2,1H3,(H,26,27). The van der Waals surface area contributed by atoms with Gasteiger partial charge in [0.05, 0.1) is 6.54 Å². The molecular formula is C23H23NO3. The van der Waals surface area contributed by atoms with Crippen molar-refractivity contribution < 1.29 is 14.7 Å². The number of aliphatic carboxylic acids is 1. The van der Waals surface area contributed by atoms with Gasteiger partial charge in [-0.15, -0.1) is 0 Å². The van der Waals surface area contributed by atoms with Gasteiger partial charge < -0.3 is 10.0 Å². The van der Waals surface area contributed by atoms with E-state index in [0.717, 1.165) is 41.5 Å². The molecule has 4 heteroatoms. The second-order valence-electron chi connectivity index (χ2n) is 7.80. The summed E-state index contributed by atoms with van der Waals surface area (Å²) in [4.78, 5) is 25.7. The van der Waals surface area contributed by atoms with Crippen molar-refractivity contribution in [1.82, 2.24) is 4.90 Å². The first-order valence-corrected chi connectivity index (χ1v) is 9.39. The van der Waals surface area contributed by atoms with Crippen LogP contribution in [0.1, 0.15) is 38.2 Å². The maximum absolute atomic E-state index is 12.8. The van der Waals surface area contributed by atoms with Gasteiger partial charge in [-0.05, 0) is 47.2 Å². The summed E-state index contributed by atoms with van der Waals surface area (Å²) in [5.74, 6) is -0.829. The highest BCUT2D eigenvalue weighted by molar-refractivity contribution is 5.86. The van der Waals surface area contributed by atoms with Crippen molar-refractivity contribution in [1.29, 1.82) is 0 Å². The van der Waals surface area contributed by atoms with Crippen LogP contribution in [0.3, 0.4) is 0 Å². The van der Waals surface area contributed by atoms with E-state index in [1.165, 1.54) is 11.5 Å². The number of likely N-dealkylation sites (tertiary alicyclic amines) is 1. The summed E-state index contributed by atoms with van der Waals surface area (Å²) >= 11 is 0. The van der Waals surface area contributed by atoms with E-state index in [9.17, 15) is 9.59 Å². The van der Waals surface area contributed by atoms with Gasteiger partial charge in [0.25, 0.3) is 0 Å². The van der Waals surface area contributed by atoms with Crippen molar-refractivity contribution >= 4 is 22.6 Å². The molecule has 0 bridgehead atoms. The third kappa shape index (κ3) is 3.27. The van der Waals surface area contributed by atoms with E-state index < -0.39 is 5.97 Å². The Morgan fingerprint density at radius 2 is 2.00 bits per heavy atom. The maximum atomic E-state index is 12.8. The Bertz CT molecular complexity index is 988. The minimum absolute atomic E-state index is 0.129. The summed E-state index contributed by atoms with van der Waals surface area (Å²) in [6.45, 7) is 2.66. The van der Waals surface area contributed by atoms with Crippen LogP contribution in [0.2, 0.25) is 0 Å². The van der Waals surface area contributed by atoms with Gasteiger partial charge in [-0.1, -0.05) is 49.4 Å². The molecule has 4 nitrogen and oxygen atoms in total. The number of carboxylic acid groups (broad SMARTS) is 1. The number of allylic oxidation sites excluding steroid dienone is 3. The molecule has 138 valence electrons. The molecule has 1 aliphatic carbocycles. The first-order valence-electron chi connectivity index (χ1n) is 9.39.